The largest absolute Gasteiger partial charge is 0.387 e. The summed E-state index contributed by atoms with van der Waals surface area (Å²) in [6, 6.07) is 4.43. The van der Waals surface area contributed by atoms with Crippen molar-refractivity contribution in [3.05, 3.63) is 34.1 Å². The van der Waals surface area contributed by atoms with E-state index in [1.807, 2.05) is 0 Å². The second kappa shape index (κ2) is 4.60. The van der Waals surface area contributed by atoms with Crippen LogP contribution < -0.4 is 5.32 Å². The number of hydrogen-bond acceptors (Lipinski definition) is 2. The van der Waals surface area contributed by atoms with Crippen LogP contribution in [-0.4, -0.2) is 17.7 Å². The Bertz CT molecular complexity index is 352. The predicted octanol–water partition coefficient (Wildman–Crippen LogP) is 2.37. The fourth-order valence-electron chi connectivity index (χ4n) is 1.94. The molecule has 4 heteroatoms. The molecule has 1 aliphatic rings. The maximum Gasteiger partial charge on any atom is 0.123 e. The summed E-state index contributed by atoms with van der Waals surface area (Å²) in [6.45, 7) is 0.925. The third-order valence-electron chi connectivity index (χ3n) is 2.76. The van der Waals surface area contributed by atoms with E-state index in [4.69, 9.17) is 0 Å². The fraction of sp³-hybridized carbons (Fsp3) is 0.455. The molecular weight excluding hydrogens is 261 g/mol. The van der Waals surface area contributed by atoms with E-state index in [0.717, 1.165) is 23.9 Å². The number of nitrogens with one attached hydrogen (secondary N) is 1. The first kappa shape index (κ1) is 11.0. The van der Waals surface area contributed by atoms with Crippen molar-refractivity contribution in [1.29, 1.82) is 0 Å². The van der Waals surface area contributed by atoms with Gasteiger partial charge in [-0.2, -0.15) is 0 Å². The van der Waals surface area contributed by atoms with Gasteiger partial charge in [0, 0.05) is 10.5 Å². The average Bonchev–Trinajstić information content (AvgIpc) is 2.74. The third-order valence-corrected chi connectivity index (χ3v) is 3.48. The summed E-state index contributed by atoms with van der Waals surface area (Å²) < 4.78 is 13.8. The predicted molar refractivity (Wildman–Crippen MR) is 60.1 cm³/mol. The van der Waals surface area contributed by atoms with Crippen molar-refractivity contribution in [3.63, 3.8) is 0 Å². The molecule has 82 valence electrons. The zero-order chi connectivity index (χ0) is 10.8. The molecule has 2 unspecified atom stereocenters. The standard InChI is InChI=1S/C11H13BrFNO/c12-9-4-3-7(13)6-8(9)11(15)10-2-1-5-14-10/h3-4,6,10-11,14-15H,1-2,5H2. The molecule has 0 aliphatic carbocycles. The Morgan fingerprint density at radius 1 is 1.53 bits per heavy atom. The number of aliphatic hydroxyl groups is 1. The van der Waals surface area contributed by atoms with Gasteiger partial charge in [0.15, 0.2) is 0 Å². The molecule has 1 aromatic carbocycles. The van der Waals surface area contributed by atoms with Gasteiger partial charge in [-0.3, -0.25) is 0 Å². The summed E-state index contributed by atoms with van der Waals surface area (Å²) in [5.41, 5.74) is 0.620. The summed E-state index contributed by atoms with van der Waals surface area (Å²) in [5.74, 6) is -0.315. The van der Waals surface area contributed by atoms with E-state index in [9.17, 15) is 9.50 Å². The van der Waals surface area contributed by atoms with Gasteiger partial charge in [-0.1, -0.05) is 15.9 Å². The highest BCUT2D eigenvalue weighted by Gasteiger charge is 2.25. The Morgan fingerprint density at radius 2 is 2.33 bits per heavy atom. The summed E-state index contributed by atoms with van der Waals surface area (Å²) in [4.78, 5) is 0. The second-order valence-corrected chi connectivity index (χ2v) is 4.67. The molecule has 2 nitrogen and oxygen atoms in total. The first-order valence-corrected chi connectivity index (χ1v) is 5.84. The van der Waals surface area contributed by atoms with Gasteiger partial charge in [-0.05, 0) is 43.1 Å². The molecule has 15 heavy (non-hydrogen) atoms. The smallest absolute Gasteiger partial charge is 0.123 e. The van der Waals surface area contributed by atoms with Crippen LogP contribution in [0.25, 0.3) is 0 Å². The maximum atomic E-state index is 13.0. The zero-order valence-electron chi connectivity index (χ0n) is 8.21. The maximum absolute atomic E-state index is 13.0. The van der Waals surface area contributed by atoms with Crippen LogP contribution in [0.4, 0.5) is 4.39 Å². The van der Waals surface area contributed by atoms with E-state index in [-0.39, 0.29) is 11.9 Å². The molecule has 0 spiro atoms. The zero-order valence-corrected chi connectivity index (χ0v) is 9.80. The summed E-state index contributed by atoms with van der Waals surface area (Å²) in [6.07, 6.45) is 1.36. The molecule has 1 fully saturated rings. The number of aliphatic hydroxyl groups excluding tert-OH is 1. The van der Waals surface area contributed by atoms with Crippen molar-refractivity contribution < 1.29 is 9.50 Å². The Labute approximate surface area is 96.6 Å². The van der Waals surface area contributed by atoms with Gasteiger partial charge in [-0.15, -0.1) is 0 Å². The Kier molecular flexibility index (Phi) is 3.38. The first-order valence-electron chi connectivity index (χ1n) is 5.05. The van der Waals surface area contributed by atoms with Gasteiger partial charge in [0.05, 0.1) is 6.10 Å². The van der Waals surface area contributed by atoms with Crippen LogP contribution >= 0.6 is 15.9 Å². The lowest BCUT2D eigenvalue weighted by Gasteiger charge is -2.19. The normalized spacial score (nSPS) is 23.0. The van der Waals surface area contributed by atoms with Crippen molar-refractivity contribution in [1.82, 2.24) is 5.32 Å². The highest BCUT2D eigenvalue weighted by Crippen LogP contribution is 2.29. The van der Waals surface area contributed by atoms with Gasteiger partial charge < -0.3 is 10.4 Å². The lowest BCUT2D eigenvalue weighted by atomic mass is 10.0. The van der Waals surface area contributed by atoms with E-state index in [0.29, 0.717) is 5.56 Å². The Hall–Kier alpha value is -0.450. The minimum Gasteiger partial charge on any atom is -0.387 e. The molecule has 0 saturated carbocycles. The van der Waals surface area contributed by atoms with Crippen LogP contribution in [0.3, 0.4) is 0 Å². The van der Waals surface area contributed by atoms with Crippen molar-refractivity contribution in [3.8, 4) is 0 Å². The molecule has 1 aromatic rings. The molecule has 1 saturated heterocycles. The summed E-state index contributed by atoms with van der Waals surface area (Å²) in [7, 11) is 0. The van der Waals surface area contributed by atoms with E-state index in [1.165, 1.54) is 12.1 Å². The minimum absolute atomic E-state index is 0.0445. The van der Waals surface area contributed by atoms with Gasteiger partial charge >= 0.3 is 0 Å². The molecule has 0 amide bonds. The van der Waals surface area contributed by atoms with Crippen LogP contribution in [0.2, 0.25) is 0 Å². The monoisotopic (exact) mass is 273 g/mol. The van der Waals surface area contributed by atoms with Crippen LogP contribution in [0.15, 0.2) is 22.7 Å². The molecule has 2 N–H and O–H groups in total. The summed E-state index contributed by atoms with van der Waals surface area (Å²) in [5, 5.41) is 13.3. The molecule has 0 radical (unpaired) electrons. The van der Waals surface area contributed by atoms with Crippen molar-refractivity contribution in [2.45, 2.75) is 25.0 Å². The molecule has 1 aliphatic heterocycles. The minimum atomic E-state index is -0.641. The van der Waals surface area contributed by atoms with E-state index in [2.05, 4.69) is 21.2 Å². The quantitative estimate of drug-likeness (QED) is 0.867. The second-order valence-electron chi connectivity index (χ2n) is 3.81. The molecule has 2 rings (SSSR count). The fourth-order valence-corrected chi connectivity index (χ4v) is 2.42. The SMILES string of the molecule is OC(c1cc(F)ccc1Br)C1CCCN1. The topological polar surface area (TPSA) is 32.3 Å². The van der Waals surface area contributed by atoms with Crippen LogP contribution in [0, 0.1) is 5.82 Å². The van der Waals surface area contributed by atoms with Crippen molar-refractivity contribution in [2.24, 2.45) is 0 Å². The lowest BCUT2D eigenvalue weighted by molar-refractivity contribution is 0.136. The van der Waals surface area contributed by atoms with E-state index in [1.54, 1.807) is 6.07 Å². The number of hydrogen-bond donors (Lipinski definition) is 2. The highest BCUT2D eigenvalue weighted by atomic mass is 79.9. The summed E-state index contributed by atoms with van der Waals surface area (Å²) >= 11 is 3.32. The molecular formula is C11H13BrFNO. The molecule has 0 bridgehead atoms. The van der Waals surface area contributed by atoms with Gasteiger partial charge in [0.25, 0.3) is 0 Å². The van der Waals surface area contributed by atoms with Crippen LogP contribution in [0.1, 0.15) is 24.5 Å². The Morgan fingerprint density at radius 3 is 3.00 bits per heavy atom. The molecule has 0 aromatic heterocycles. The molecule has 1 heterocycles. The van der Waals surface area contributed by atoms with Crippen molar-refractivity contribution >= 4 is 15.9 Å². The van der Waals surface area contributed by atoms with Gasteiger partial charge in [-0.25, -0.2) is 4.39 Å². The lowest BCUT2D eigenvalue weighted by Crippen LogP contribution is -2.29. The molecule has 2 atom stereocenters. The van der Waals surface area contributed by atoms with Crippen LogP contribution in [-0.2, 0) is 0 Å². The Balaban J connectivity index is 2.23. The highest BCUT2D eigenvalue weighted by molar-refractivity contribution is 9.10. The first-order chi connectivity index (χ1) is 7.18. The van der Waals surface area contributed by atoms with E-state index >= 15 is 0 Å². The van der Waals surface area contributed by atoms with Gasteiger partial charge in [0.1, 0.15) is 5.82 Å². The number of halogens is 2. The number of rotatable bonds is 2. The number of benzene rings is 1. The third kappa shape index (κ3) is 2.38. The van der Waals surface area contributed by atoms with Crippen LogP contribution in [0.5, 0.6) is 0 Å². The van der Waals surface area contributed by atoms with Gasteiger partial charge in [0.2, 0.25) is 0 Å². The van der Waals surface area contributed by atoms with E-state index < -0.39 is 6.10 Å². The van der Waals surface area contributed by atoms with Crippen molar-refractivity contribution in [2.75, 3.05) is 6.54 Å². The average molecular weight is 274 g/mol.